The van der Waals surface area contributed by atoms with Gasteiger partial charge in [-0.25, -0.2) is 0 Å². The summed E-state index contributed by atoms with van der Waals surface area (Å²) in [5.74, 6) is 0.240. The molecular formula is C26H46O4. The fraction of sp³-hybridized carbons (Fsp3) is 0.923. The highest BCUT2D eigenvalue weighted by atomic mass is 16.5. The molecule has 2 bridgehead atoms. The van der Waals surface area contributed by atoms with Gasteiger partial charge >= 0.3 is 11.9 Å². The Hall–Kier alpha value is -1.06. The Morgan fingerprint density at radius 2 is 1.13 bits per heavy atom. The number of fused-ring (bicyclic) bond motifs is 2. The highest BCUT2D eigenvalue weighted by Gasteiger charge is 2.57. The van der Waals surface area contributed by atoms with E-state index in [4.69, 9.17) is 9.47 Å². The van der Waals surface area contributed by atoms with E-state index in [0.29, 0.717) is 31.0 Å². The van der Waals surface area contributed by atoms with Crippen molar-refractivity contribution in [1.29, 1.82) is 0 Å². The largest absolute Gasteiger partial charge is 0.465 e. The number of hydrogen-bond donors (Lipinski definition) is 0. The van der Waals surface area contributed by atoms with E-state index in [1.807, 2.05) is 0 Å². The molecule has 0 heterocycles. The first-order valence-electron chi connectivity index (χ1n) is 12.9. The average molecular weight is 423 g/mol. The van der Waals surface area contributed by atoms with E-state index in [-0.39, 0.29) is 23.8 Å². The van der Waals surface area contributed by atoms with Crippen molar-refractivity contribution in [3.63, 3.8) is 0 Å². The molecule has 2 aliphatic rings. The first kappa shape index (κ1) is 25.2. The lowest BCUT2D eigenvalue weighted by Crippen LogP contribution is -2.39. The molecule has 5 unspecified atom stereocenters. The van der Waals surface area contributed by atoms with Gasteiger partial charge in [0.25, 0.3) is 0 Å². The van der Waals surface area contributed by atoms with Crippen LogP contribution in [0.15, 0.2) is 0 Å². The molecule has 2 aliphatic carbocycles. The Balaban J connectivity index is 1.73. The van der Waals surface area contributed by atoms with E-state index in [1.54, 1.807) is 0 Å². The molecule has 0 aromatic heterocycles. The average Bonchev–Trinajstić information content (AvgIpc) is 3.29. The van der Waals surface area contributed by atoms with Crippen LogP contribution in [0.25, 0.3) is 0 Å². The van der Waals surface area contributed by atoms with Gasteiger partial charge < -0.3 is 9.47 Å². The second-order valence-electron chi connectivity index (χ2n) is 9.79. The van der Waals surface area contributed by atoms with Crippen LogP contribution < -0.4 is 0 Å². The van der Waals surface area contributed by atoms with Gasteiger partial charge in [0.1, 0.15) is 0 Å². The Kier molecular flexibility index (Phi) is 11.8. The van der Waals surface area contributed by atoms with Crippen molar-refractivity contribution < 1.29 is 19.1 Å². The summed E-state index contributed by atoms with van der Waals surface area (Å²) in [5.41, 5.74) is 0. The lowest BCUT2D eigenvalue weighted by molar-refractivity contribution is -0.164. The highest BCUT2D eigenvalue weighted by molar-refractivity contribution is 5.83. The summed E-state index contributed by atoms with van der Waals surface area (Å²) in [5, 5.41) is 0. The molecule has 174 valence electrons. The fourth-order valence-corrected chi connectivity index (χ4v) is 5.65. The van der Waals surface area contributed by atoms with Gasteiger partial charge in [-0.15, -0.1) is 0 Å². The maximum Gasteiger partial charge on any atom is 0.310 e. The lowest BCUT2D eigenvalue weighted by atomic mass is 9.74. The van der Waals surface area contributed by atoms with E-state index in [2.05, 4.69) is 20.8 Å². The normalized spacial score (nSPS) is 27.4. The molecule has 2 fully saturated rings. The van der Waals surface area contributed by atoms with Crippen molar-refractivity contribution in [2.24, 2.45) is 29.6 Å². The van der Waals surface area contributed by atoms with Crippen molar-refractivity contribution in [2.75, 3.05) is 13.2 Å². The van der Waals surface area contributed by atoms with Crippen molar-refractivity contribution >= 4 is 11.9 Å². The van der Waals surface area contributed by atoms with Crippen LogP contribution in [0.5, 0.6) is 0 Å². The smallest absolute Gasteiger partial charge is 0.310 e. The minimum Gasteiger partial charge on any atom is -0.465 e. The SMILES string of the molecule is CCCCCCCCOC(=O)C1C2CC(C)C(C2)C1C(=O)OCCCCCCCC. The standard InChI is InChI=1S/C26H46O4/c1-4-6-8-10-12-14-16-29-25(27)23-21-18-20(3)22(19-21)24(23)26(28)30-17-15-13-11-9-7-5-2/h20-24H,4-19H2,1-3H3. The van der Waals surface area contributed by atoms with Crippen LogP contribution in [-0.2, 0) is 19.1 Å². The third-order valence-electron chi connectivity index (χ3n) is 7.37. The van der Waals surface area contributed by atoms with Crippen molar-refractivity contribution in [3.05, 3.63) is 0 Å². The van der Waals surface area contributed by atoms with E-state index < -0.39 is 0 Å². The van der Waals surface area contributed by atoms with E-state index in [0.717, 1.165) is 38.5 Å². The van der Waals surface area contributed by atoms with Crippen LogP contribution in [-0.4, -0.2) is 25.2 Å². The van der Waals surface area contributed by atoms with E-state index in [1.165, 1.54) is 51.4 Å². The van der Waals surface area contributed by atoms with Gasteiger partial charge in [0, 0.05) is 0 Å². The Morgan fingerprint density at radius 1 is 0.667 bits per heavy atom. The van der Waals surface area contributed by atoms with Crippen molar-refractivity contribution in [2.45, 2.75) is 111 Å². The van der Waals surface area contributed by atoms with Gasteiger partial charge in [0.15, 0.2) is 0 Å². The Labute approximate surface area is 184 Å². The predicted octanol–water partition coefficient (Wildman–Crippen LogP) is 6.70. The van der Waals surface area contributed by atoms with Crippen molar-refractivity contribution in [1.82, 2.24) is 0 Å². The predicted molar refractivity (Wildman–Crippen MR) is 121 cm³/mol. The fourth-order valence-electron chi connectivity index (χ4n) is 5.65. The Bertz CT molecular complexity index is 503. The third-order valence-corrected chi connectivity index (χ3v) is 7.37. The zero-order valence-corrected chi connectivity index (χ0v) is 19.8. The molecule has 0 N–H and O–H groups in total. The maximum atomic E-state index is 12.9. The summed E-state index contributed by atoms with van der Waals surface area (Å²) in [4.78, 5) is 25.7. The first-order valence-corrected chi connectivity index (χ1v) is 12.9. The molecule has 2 saturated carbocycles. The van der Waals surface area contributed by atoms with Gasteiger partial charge in [0.05, 0.1) is 25.0 Å². The molecule has 0 aliphatic heterocycles. The highest BCUT2D eigenvalue weighted by Crippen LogP contribution is 2.55. The molecule has 4 heteroatoms. The quantitative estimate of drug-likeness (QED) is 0.205. The number of esters is 2. The van der Waals surface area contributed by atoms with Crippen LogP contribution in [0, 0.1) is 29.6 Å². The minimum atomic E-state index is -0.282. The summed E-state index contributed by atoms with van der Waals surface area (Å²) in [6.07, 6.45) is 16.1. The lowest BCUT2D eigenvalue weighted by Gasteiger charge is -2.31. The molecule has 30 heavy (non-hydrogen) atoms. The summed E-state index contributed by atoms with van der Waals surface area (Å²) in [6.45, 7) is 7.64. The van der Waals surface area contributed by atoms with Gasteiger partial charge in [-0.05, 0) is 43.4 Å². The summed E-state index contributed by atoms with van der Waals surface area (Å²) >= 11 is 0. The first-order chi connectivity index (χ1) is 14.6. The molecular weight excluding hydrogens is 376 g/mol. The number of ether oxygens (including phenoxy) is 2. The number of rotatable bonds is 16. The van der Waals surface area contributed by atoms with Gasteiger partial charge in [-0.1, -0.05) is 85.0 Å². The van der Waals surface area contributed by atoms with Gasteiger partial charge in [-0.2, -0.15) is 0 Å². The summed E-state index contributed by atoms with van der Waals surface area (Å²) in [6, 6.07) is 0. The second kappa shape index (κ2) is 14.1. The van der Waals surface area contributed by atoms with E-state index in [9.17, 15) is 9.59 Å². The Morgan fingerprint density at radius 3 is 1.67 bits per heavy atom. The molecule has 0 aromatic rings. The summed E-state index contributed by atoms with van der Waals surface area (Å²) in [7, 11) is 0. The number of carbonyl (C=O) groups is 2. The minimum absolute atomic E-state index is 0.149. The van der Waals surface area contributed by atoms with Crippen LogP contribution >= 0.6 is 0 Å². The molecule has 0 saturated heterocycles. The van der Waals surface area contributed by atoms with Crippen LogP contribution in [0.2, 0.25) is 0 Å². The van der Waals surface area contributed by atoms with Crippen LogP contribution in [0.4, 0.5) is 0 Å². The second-order valence-corrected chi connectivity index (χ2v) is 9.79. The topological polar surface area (TPSA) is 52.6 Å². The van der Waals surface area contributed by atoms with Crippen LogP contribution in [0.3, 0.4) is 0 Å². The third kappa shape index (κ3) is 7.57. The molecule has 0 amide bonds. The molecule has 4 nitrogen and oxygen atoms in total. The van der Waals surface area contributed by atoms with Crippen LogP contribution in [0.1, 0.15) is 111 Å². The zero-order valence-electron chi connectivity index (χ0n) is 19.8. The molecule has 5 atom stereocenters. The molecule has 0 spiro atoms. The summed E-state index contributed by atoms with van der Waals surface area (Å²) < 4.78 is 11.3. The van der Waals surface area contributed by atoms with E-state index >= 15 is 0 Å². The molecule has 0 radical (unpaired) electrons. The molecule has 2 rings (SSSR count). The van der Waals surface area contributed by atoms with Crippen molar-refractivity contribution in [3.8, 4) is 0 Å². The monoisotopic (exact) mass is 422 g/mol. The van der Waals surface area contributed by atoms with Gasteiger partial charge in [-0.3, -0.25) is 9.59 Å². The van der Waals surface area contributed by atoms with Gasteiger partial charge in [0.2, 0.25) is 0 Å². The number of unbranched alkanes of at least 4 members (excludes halogenated alkanes) is 10. The number of hydrogen-bond acceptors (Lipinski definition) is 4. The molecule has 0 aromatic carbocycles. The number of carbonyl (C=O) groups excluding carboxylic acids is 2. The maximum absolute atomic E-state index is 12.9. The zero-order chi connectivity index (χ0) is 21.8.